The normalized spacial score (nSPS) is 12.7. The molecule has 358 valence electrons. The summed E-state index contributed by atoms with van der Waals surface area (Å²) >= 11 is 0. The molecular weight excluding hydrogens is 920 g/mol. The molecule has 2 nitrogen and oxygen atoms in total. The zero-order chi connectivity index (χ0) is 50.7. The Balaban J connectivity index is 1.15. The Labute approximate surface area is 444 Å². The van der Waals surface area contributed by atoms with Gasteiger partial charge in [-0.15, -0.1) is 0 Å². The van der Waals surface area contributed by atoms with Crippen LogP contribution in [0, 0.1) is 6.92 Å². The molecule has 2 heterocycles. The van der Waals surface area contributed by atoms with Crippen molar-refractivity contribution in [3.05, 3.63) is 284 Å². The second-order valence-electron chi connectivity index (χ2n) is 21.3. The van der Waals surface area contributed by atoms with E-state index in [-0.39, 0.29) is 12.1 Å². The van der Waals surface area contributed by atoms with Crippen LogP contribution in [0.5, 0.6) is 0 Å². The third-order valence-electron chi connectivity index (χ3n) is 15.8. The van der Waals surface area contributed by atoms with Gasteiger partial charge >= 0.3 is 0 Å². The number of rotatable bonds is 9. The molecule has 13 rings (SSSR count). The van der Waals surface area contributed by atoms with Crippen molar-refractivity contribution in [2.45, 2.75) is 33.1 Å². The molecule has 0 amide bonds. The maximum atomic E-state index is 2.65. The molecule has 11 aromatic rings. The van der Waals surface area contributed by atoms with Crippen LogP contribution in [0.4, 0.5) is 34.1 Å². The van der Waals surface area contributed by atoms with Gasteiger partial charge in [0.25, 0.3) is 6.71 Å². The molecule has 2 aliphatic rings. The highest BCUT2D eigenvalue weighted by molar-refractivity contribution is 7.20. The third-order valence-corrected chi connectivity index (χ3v) is 20.6. The molecule has 0 fully saturated rings. The van der Waals surface area contributed by atoms with Crippen LogP contribution >= 0.6 is 0 Å². The first-order valence-corrected chi connectivity index (χ1v) is 28.4. The van der Waals surface area contributed by atoms with E-state index in [0.29, 0.717) is 0 Å². The number of nitrogens with zero attached hydrogens (tertiary/aromatic N) is 2. The SMILES string of the molecule is Cc1cc2c3c(c1)N(c1ccc(C(C)(C)C)cc1-c1ccccc1)c1ccc([Si](c4ccccc4)(c4ccccc4)c4ccccc4)cc1B3c1cc(-c3ccccc3)ccc1N2c1ccc(-c2ccccc2)cc1. The topological polar surface area (TPSA) is 6.48 Å². The zero-order valence-corrected chi connectivity index (χ0v) is 44.0. The lowest BCUT2D eigenvalue weighted by molar-refractivity contribution is 0.590. The van der Waals surface area contributed by atoms with Crippen LogP contribution in [-0.2, 0) is 5.41 Å². The van der Waals surface area contributed by atoms with Crippen molar-refractivity contribution in [2.75, 3.05) is 9.80 Å². The second-order valence-corrected chi connectivity index (χ2v) is 25.2. The monoisotopic (exact) mass is 976 g/mol. The molecule has 0 unspecified atom stereocenters. The van der Waals surface area contributed by atoms with Crippen LogP contribution in [0.3, 0.4) is 0 Å². The van der Waals surface area contributed by atoms with Crippen molar-refractivity contribution in [3.8, 4) is 33.4 Å². The quantitative estimate of drug-likeness (QED) is 0.105. The van der Waals surface area contributed by atoms with E-state index in [1.807, 2.05) is 0 Å². The van der Waals surface area contributed by atoms with Crippen molar-refractivity contribution in [1.82, 2.24) is 0 Å². The largest absolute Gasteiger partial charge is 0.311 e. The molecule has 11 aromatic carbocycles. The first kappa shape index (κ1) is 46.1. The number of anilines is 6. The minimum absolute atomic E-state index is 0.0542. The van der Waals surface area contributed by atoms with Crippen molar-refractivity contribution in [1.29, 1.82) is 0 Å². The van der Waals surface area contributed by atoms with E-state index in [9.17, 15) is 0 Å². The van der Waals surface area contributed by atoms with Crippen LogP contribution in [-0.4, -0.2) is 14.8 Å². The van der Waals surface area contributed by atoms with Gasteiger partial charge in [-0.25, -0.2) is 0 Å². The number of fused-ring (bicyclic) bond motifs is 4. The highest BCUT2D eigenvalue weighted by Crippen LogP contribution is 2.48. The van der Waals surface area contributed by atoms with Crippen LogP contribution in [0.2, 0.25) is 0 Å². The van der Waals surface area contributed by atoms with Gasteiger partial charge in [0.15, 0.2) is 8.07 Å². The van der Waals surface area contributed by atoms with E-state index in [4.69, 9.17) is 0 Å². The van der Waals surface area contributed by atoms with Crippen LogP contribution < -0.4 is 46.9 Å². The van der Waals surface area contributed by atoms with Gasteiger partial charge in [0.05, 0.1) is 5.69 Å². The fourth-order valence-corrected chi connectivity index (χ4v) is 17.1. The molecule has 0 atom stereocenters. The average Bonchev–Trinajstić information content (AvgIpc) is 3.51. The molecule has 0 spiro atoms. The Morgan fingerprint density at radius 3 is 1.31 bits per heavy atom. The predicted octanol–water partition coefficient (Wildman–Crippen LogP) is 13.8. The lowest BCUT2D eigenvalue weighted by Crippen LogP contribution is -2.75. The lowest BCUT2D eigenvalue weighted by atomic mass is 9.33. The second kappa shape index (κ2) is 18.7. The molecule has 75 heavy (non-hydrogen) atoms. The van der Waals surface area contributed by atoms with Crippen molar-refractivity contribution in [2.24, 2.45) is 0 Å². The fraction of sp³-hybridized carbons (Fsp3) is 0.0704. The van der Waals surface area contributed by atoms with Crippen molar-refractivity contribution < 1.29 is 0 Å². The van der Waals surface area contributed by atoms with Crippen LogP contribution in [0.15, 0.2) is 273 Å². The molecule has 0 saturated carbocycles. The van der Waals surface area contributed by atoms with Gasteiger partial charge in [-0.3, -0.25) is 0 Å². The van der Waals surface area contributed by atoms with Gasteiger partial charge in [-0.2, -0.15) is 0 Å². The van der Waals surface area contributed by atoms with Gasteiger partial charge in [-0.1, -0.05) is 245 Å². The van der Waals surface area contributed by atoms with E-state index in [1.54, 1.807) is 0 Å². The van der Waals surface area contributed by atoms with Gasteiger partial charge in [0.2, 0.25) is 0 Å². The maximum absolute atomic E-state index is 2.97. The smallest absolute Gasteiger partial charge is 0.252 e. The summed E-state index contributed by atoms with van der Waals surface area (Å²) in [5, 5.41) is 5.43. The molecule has 2 aliphatic heterocycles. The Bertz CT molecular complexity index is 3760. The minimum atomic E-state index is -2.97. The third kappa shape index (κ3) is 7.87. The molecular formula is C71H57BN2Si. The molecule has 4 heteroatoms. The molecule has 0 radical (unpaired) electrons. The Hall–Kier alpha value is -8.70. The molecule has 0 aromatic heterocycles. The number of hydrogen-bond donors (Lipinski definition) is 0. The van der Waals surface area contributed by atoms with Gasteiger partial charge < -0.3 is 9.80 Å². The first-order valence-electron chi connectivity index (χ1n) is 26.4. The van der Waals surface area contributed by atoms with E-state index >= 15 is 0 Å². The zero-order valence-electron chi connectivity index (χ0n) is 43.0. The molecule has 0 saturated heterocycles. The summed E-state index contributed by atoms with van der Waals surface area (Å²) in [6.07, 6.45) is 0. The highest BCUT2D eigenvalue weighted by Gasteiger charge is 2.47. The Morgan fingerprint density at radius 2 is 0.760 bits per heavy atom. The first-order chi connectivity index (χ1) is 36.8. The van der Waals surface area contributed by atoms with Crippen LogP contribution in [0.1, 0.15) is 31.9 Å². The average molecular weight is 977 g/mol. The fourth-order valence-electron chi connectivity index (χ4n) is 12.3. The minimum Gasteiger partial charge on any atom is -0.311 e. The molecule has 0 N–H and O–H groups in total. The van der Waals surface area contributed by atoms with Crippen molar-refractivity contribution in [3.63, 3.8) is 0 Å². The Kier molecular flexibility index (Phi) is 11.5. The molecule has 0 aliphatic carbocycles. The van der Waals surface area contributed by atoms with E-state index < -0.39 is 8.07 Å². The Morgan fingerprint density at radius 1 is 0.333 bits per heavy atom. The number of benzene rings is 11. The molecule has 0 bridgehead atoms. The summed E-state index contributed by atoms with van der Waals surface area (Å²) in [5.41, 5.74) is 20.7. The van der Waals surface area contributed by atoms with Gasteiger partial charge in [0.1, 0.15) is 0 Å². The summed E-state index contributed by atoms with van der Waals surface area (Å²) in [4.78, 5) is 5.17. The maximum Gasteiger partial charge on any atom is 0.252 e. The summed E-state index contributed by atoms with van der Waals surface area (Å²) in [6.45, 7) is 9.12. The number of hydrogen-bond acceptors (Lipinski definition) is 2. The van der Waals surface area contributed by atoms with Crippen molar-refractivity contribution >= 4 is 86.0 Å². The number of aryl methyl sites for hydroxylation is 1. The highest BCUT2D eigenvalue weighted by atomic mass is 28.3. The van der Waals surface area contributed by atoms with Crippen LogP contribution in [0.25, 0.3) is 33.4 Å². The summed E-state index contributed by atoms with van der Waals surface area (Å²) in [6, 6.07) is 103. The summed E-state index contributed by atoms with van der Waals surface area (Å²) in [7, 11) is -2.97. The van der Waals surface area contributed by atoms with E-state index in [1.165, 1.54) is 104 Å². The van der Waals surface area contributed by atoms with E-state index in [0.717, 1.165) is 11.4 Å². The van der Waals surface area contributed by atoms with Gasteiger partial charge in [-0.05, 0) is 137 Å². The predicted molar refractivity (Wildman–Crippen MR) is 324 cm³/mol. The summed E-state index contributed by atoms with van der Waals surface area (Å²) < 4.78 is 0. The van der Waals surface area contributed by atoms with Gasteiger partial charge in [0, 0.05) is 34.0 Å². The summed E-state index contributed by atoms with van der Waals surface area (Å²) in [5.74, 6) is 0. The standard InChI is InChI=1S/C71H57BN2Si/c1-50-45-68-70-69(46-50)74(65-43-38-56(71(2,3)4)48-62(65)54-27-15-7-16-28-54)67-44-41-61(75(58-29-17-8-18-30-58,59-31-19-9-20-32-59)60-33-21-10-22-34-60)49-64(67)72(70)63-47-55(52-25-13-6-14-26-52)37-42-66(63)73(68)57-39-35-53(36-40-57)51-23-11-5-12-24-51/h5-49H,1-4H3. The lowest BCUT2D eigenvalue weighted by Gasteiger charge is -2.45. The van der Waals surface area contributed by atoms with E-state index in [2.05, 4.69) is 310 Å².